The normalized spacial score (nSPS) is 10.1. The van der Waals surface area contributed by atoms with E-state index in [4.69, 9.17) is 16.3 Å². The molecular weight excluding hydrogens is 238 g/mol. The van der Waals surface area contributed by atoms with Crippen LogP contribution < -0.4 is 10.1 Å². The van der Waals surface area contributed by atoms with Crippen LogP contribution in [0, 0.1) is 6.92 Å². The average molecular weight is 250 g/mol. The molecule has 0 unspecified atom stereocenters. The fourth-order valence-corrected chi connectivity index (χ4v) is 1.52. The van der Waals surface area contributed by atoms with Gasteiger partial charge in [-0.25, -0.2) is 4.98 Å². The van der Waals surface area contributed by atoms with Gasteiger partial charge in [0.05, 0.1) is 5.02 Å². The van der Waals surface area contributed by atoms with Crippen LogP contribution in [0.3, 0.4) is 0 Å². The molecule has 1 N–H and O–H groups in total. The number of hydrogen-bond donors (Lipinski definition) is 1. The Morgan fingerprint density at radius 2 is 2.00 bits per heavy atom. The molecule has 0 fully saturated rings. The highest BCUT2D eigenvalue weighted by molar-refractivity contribution is 6.32. The van der Waals surface area contributed by atoms with Gasteiger partial charge in [-0.3, -0.25) is 0 Å². The van der Waals surface area contributed by atoms with Gasteiger partial charge in [0.2, 0.25) is 11.8 Å². The molecule has 5 heteroatoms. The van der Waals surface area contributed by atoms with Crippen LogP contribution in [0.2, 0.25) is 5.02 Å². The summed E-state index contributed by atoms with van der Waals surface area (Å²) in [5.41, 5.74) is 0.825. The third kappa shape index (κ3) is 2.85. The number of ether oxygens (including phenoxy) is 1. The number of para-hydroxylation sites is 1. The predicted octanol–water partition coefficient (Wildman–Crippen LogP) is 3.27. The Bertz CT molecular complexity index is 531. The molecule has 0 bridgehead atoms. The van der Waals surface area contributed by atoms with Crippen molar-refractivity contribution in [1.29, 1.82) is 0 Å². The third-order valence-electron chi connectivity index (χ3n) is 2.11. The second-order valence-electron chi connectivity index (χ2n) is 3.45. The molecule has 0 spiro atoms. The lowest BCUT2D eigenvalue weighted by Gasteiger charge is -2.08. The molecular formula is C12H12ClN3O. The molecule has 2 aromatic rings. The number of halogens is 1. The van der Waals surface area contributed by atoms with E-state index in [0.29, 0.717) is 22.6 Å². The average Bonchev–Trinajstić information content (AvgIpc) is 2.31. The zero-order valence-electron chi connectivity index (χ0n) is 9.57. The van der Waals surface area contributed by atoms with Gasteiger partial charge in [0.15, 0.2) is 0 Å². The predicted molar refractivity (Wildman–Crippen MR) is 67.8 cm³/mol. The summed E-state index contributed by atoms with van der Waals surface area (Å²) < 4.78 is 5.61. The number of anilines is 1. The summed E-state index contributed by atoms with van der Waals surface area (Å²) in [7, 11) is 1.76. The zero-order valence-corrected chi connectivity index (χ0v) is 10.3. The van der Waals surface area contributed by atoms with E-state index in [1.165, 1.54) is 0 Å². The van der Waals surface area contributed by atoms with Crippen molar-refractivity contribution >= 4 is 17.5 Å². The second-order valence-corrected chi connectivity index (χ2v) is 3.86. The Morgan fingerprint density at radius 3 is 2.71 bits per heavy atom. The Labute approximate surface area is 105 Å². The number of nitrogens with zero attached hydrogens (tertiary/aromatic N) is 2. The highest BCUT2D eigenvalue weighted by Gasteiger charge is 2.05. The molecule has 0 radical (unpaired) electrons. The molecule has 4 nitrogen and oxygen atoms in total. The maximum Gasteiger partial charge on any atom is 0.225 e. The molecule has 17 heavy (non-hydrogen) atoms. The molecule has 0 atom stereocenters. The van der Waals surface area contributed by atoms with Crippen molar-refractivity contribution in [3.63, 3.8) is 0 Å². The Morgan fingerprint density at radius 1 is 1.24 bits per heavy atom. The fourth-order valence-electron chi connectivity index (χ4n) is 1.34. The van der Waals surface area contributed by atoms with Crippen LogP contribution in [0.15, 0.2) is 30.3 Å². The molecule has 0 saturated heterocycles. The zero-order chi connectivity index (χ0) is 12.3. The summed E-state index contributed by atoms with van der Waals surface area (Å²) in [4.78, 5) is 8.37. The second kappa shape index (κ2) is 5.01. The molecule has 0 aliphatic rings. The summed E-state index contributed by atoms with van der Waals surface area (Å²) in [6, 6.07) is 9.01. The number of aromatic nitrogens is 2. The van der Waals surface area contributed by atoms with Crippen LogP contribution in [-0.2, 0) is 0 Å². The third-order valence-corrected chi connectivity index (χ3v) is 2.42. The number of benzene rings is 1. The minimum atomic E-state index is 0.468. The molecule has 0 amide bonds. The van der Waals surface area contributed by atoms with E-state index in [1.807, 2.05) is 19.1 Å². The topological polar surface area (TPSA) is 47.0 Å². The lowest BCUT2D eigenvalue weighted by molar-refractivity contribution is 0.462. The van der Waals surface area contributed by atoms with E-state index in [-0.39, 0.29) is 0 Å². The lowest BCUT2D eigenvalue weighted by Crippen LogP contribution is -1.99. The smallest absolute Gasteiger partial charge is 0.225 e. The van der Waals surface area contributed by atoms with Crippen LogP contribution in [0.5, 0.6) is 11.6 Å². The maximum absolute atomic E-state index is 6.00. The maximum atomic E-state index is 6.00. The summed E-state index contributed by atoms with van der Waals surface area (Å²) in [5, 5.41) is 3.42. The molecule has 1 heterocycles. The summed E-state index contributed by atoms with van der Waals surface area (Å²) in [6.45, 7) is 1.88. The summed E-state index contributed by atoms with van der Waals surface area (Å²) >= 11 is 6.00. The fraction of sp³-hybridized carbons (Fsp3) is 0.167. The van der Waals surface area contributed by atoms with Crippen molar-refractivity contribution in [1.82, 2.24) is 9.97 Å². The van der Waals surface area contributed by atoms with Crippen LogP contribution in [0.4, 0.5) is 5.95 Å². The van der Waals surface area contributed by atoms with E-state index in [9.17, 15) is 0 Å². The van der Waals surface area contributed by atoms with E-state index < -0.39 is 0 Å². The Kier molecular flexibility index (Phi) is 3.44. The van der Waals surface area contributed by atoms with Gasteiger partial charge in [-0.1, -0.05) is 23.7 Å². The van der Waals surface area contributed by atoms with Crippen LogP contribution in [0.1, 0.15) is 5.69 Å². The lowest BCUT2D eigenvalue weighted by atomic mass is 10.3. The molecule has 0 aliphatic carbocycles. The van der Waals surface area contributed by atoms with Crippen LogP contribution in [-0.4, -0.2) is 17.0 Å². The van der Waals surface area contributed by atoms with Gasteiger partial charge < -0.3 is 10.1 Å². The Balaban J connectivity index is 2.30. The van der Waals surface area contributed by atoms with Crippen LogP contribution in [0.25, 0.3) is 0 Å². The van der Waals surface area contributed by atoms with Crippen molar-refractivity contribution in [2.24, 2.45) is 0 Å². The molecule has 1 aromatic heterocycles. The number of aryl methyl sites for hydroxylation is 1. The van der Waals surface area contributed by atoms with E-state index in [2.05, 4.69) is 15.3 Å². The standard InChI is InChI=1S/C12H12ClN3O/c1-8-7-11(16-12(14-2)15-8)17-10-6-4-3-5-9(10)13/h3-7H,1-2H3,(H,14,15,16). The molecule has 0 aliphatic heterocycles. The first-order valence-electron chi connectivity index (χ1n) is 5.15. The van der Waals surface area contributed by atoms with Gasteiger partial charge in [0, 0.05) is 18.8 Å². The van der Waals surface area contributed by atoms with Gasteiger partial charge in [-0.2, -0.15) is 4.98 Å². The largest absolute Gasteiger partial charge is 0.437 e. The van der Waals surface area contributed by atoms with E-state index in [0.717, 1.165) is 5.69 Å². The first-order chi connectivity index (χ1) is 8.19. The summed E-state index contributed by atoms with van der Waals surface area (Å²) in [5.74, 6) is 1.57. The molecule has 88 valence electrons. The van der Waals surface area contributed by atoms with Gasteiger partial charge in [-0.15, -0.1) is 0 Å². The van der Waals surface area contributed by atoms with E-state index in [1.54, 1.807) is 25.2 Å². The highest BCUT2D eigenvalue weighted by Crippen LogP contribution is 2.28. The first-order valence-corrected chi connectivity index (χ1v) is 5.52. The number of hydrogen-bond acceptors (Lipinski definition) is 4. The van der Waals surface area contributed by atoms with Crippen molar-refractivity contribution in [3.8, 4) is 11.6 Å². The van der Waals surface area contributed by atoms with Gasteiger partial charge >= 0.3 is 0 Å². The van der Waals surface area contributed by atoms with Crippen LogP contribution >= 0.6 is 11.6 Å². The minimum absolute atomic E-state index is 0.468. The van der Waals surface area contributed by atoms with Crippen molar-refractivity contribution in [2.75, 3.05) is 12.4 Å². The first kappa shape index (κ1) is 11.7. The van der Waals surface area contributed by atoms with Crippen molar-refractivity contribution < 1.29 is 4.74 Å². The molecule has 1 aromatic carbocycles. The summed E-state index contributed by atoms with van der Waals surface area (Å²) in [6.07, 6.45) is 0. The SMILES string of the molecule is CNc1nc(C)cc(Oc2ccccc2Cl)n1. The minimum Gasteiger partial charge on any atom is -0.437 e. The quantitative estimate of drug-likeness (QED) is 0.907. The number of rotatable bonds is 3. The molecule has 0 saturated carbocycles. The monoisotopic (exact) mass is 249 g/mol. The van der Waals surface area contributed by atoms with Crippen molar-refractivity contribution in [3.05, 3.63) is 41.0 Å². The Hall–Kier alpha value is -1.81. The number of nitrogens with one attached hydrogen (secondary N) is 1. The van der Waals surface area contributed by atoms with Gasteiger partial charge in [-0.05, 0) is 19.1 Å². The van der Waals surface area contributed by atoms with Crippen molar-refractivity contribution in [2.45, 2.75) is 6.92 Å². The van der Waals surface area contributed by atoms with Gasteiger partial charge in [0.25, 0.3) is 0 Å². The van der Waals surface area contributed by atoms with Gasteiger partial charge in [0.1, 0.15) is 5.75 Å². The van der Waals surface area contributed by atoms with E-state index >= 15 is 0 Å². The molecule has 2 rings (SSSR count). The highest BCUT2D eigenvalue weighted by atomic mass is 35.5.